The van der Waals surface area contributed by atoms with Crippen LogP contribution in [-0.4, -0.2) is 23.0 Å². The second-order valence-corrected chi connectivity index (χ2v) is 4.74. The molecule has 0 aromatic heterocycles. The first-order chi connectivity index (χ1) is 9.90. The van der Waals surface area contributed by atoms with E-state index in [2.05, 4.69) is 0 Å². The molecule has 2 aromatic carbocycles. The van der Waals surface area contributed by atoms with Crippen LogP contribution in [0.5, 0.6) is 5.75 Å². The molecule has 0 aliphatic carbocycles. The van der Waals surface area contributed by atoms with Crippen LogP contribution >= 0.6 is 11.6 Å². The molecule has 108 valence electrons. The minimum absolute atomic E-state index is 0.0556. The van der Waals surface area contributed by atoms with Crippen molar-refractivity contribution in [2.24, 2.45) is 0 Å². The van der Waals surface area contributed by atoms with Crippen LogP contribution in [0.4, 0.5) is 11.4 Å². The summed E-state index contributed by atoms with van der Waals surface area (Å²) < 4.78 is 0. The molecule has 0 aliphatic heterocycles. The Balaban J connectivity index is 2.40. The molecule has 0 atom stereocenters. The third kappa shape index (κ3) is 3.11. The number of phenols is 1. The van der Waals surface area contributed by atoms with Gasteiger partial charge in [0.2, 0.25) is 0 Å². The van der Waals surface area contributed by atoms with E-state index in [0.29, 0.717) is 5.69 Å². The van der Waals surface area contributed by atoms with Crippen LogP contribution in [0.15, 0.2) is 42.5 Å². The Labute approximate surface area is 125 Å². The fourth-order valence-electron chi connectivity index (χ4n) is 1.81. The Morgan fingerprint density at radius 2 is 1.86 bits per heavy atom. The van der Waals surface area contributed by atoms with E-state index in [-0.39, 0.29) is 22.0 Å². The lowest BCUT2D eigenvalue weighted by Gasteiger charge is -2.17. The molecule has 2 rings (SSSR count). The van der Waals surface area contributed by atoms with Crippen LogP contribution in [0, 0.1) is 10.1 Å². The third-order valence-electron chi connectivity index (χ3n) is 2.93. The molecule has 2 aromatic rings. The minimum Gasteiger partial charge on any atom is -0.508 e. The molecule has 6 nitrogen and oxygen atoms in total. The average molecular weight is 307 g/mol. The SMILES string of the molecule is CN(C(=O)c1ccc(Cl)cc1[N+](=O)[O-])c1ccc(O)cc1. The van der Waals surface area contributed by atoms with E-state index in [1.165, 1.54) is 48.3 Å². The minimum atomic E-state index is -0.649. The number of benzene rings is 2. The van der Waals surface area contributed by atoms with E-state index in [1.807, 2.05) is 0 Å². The molecule has 0 saturated heterocycles. The van der Waals surface area contributed by atoms with E-state index in [9.17, 15) is 20.0 Å². The number of nitro benzene ring substituents is 1. The molecule has 7 heteroatoms. The number of anilines is 1. The normalized spacial score (nSPS) is 10.2. The van der Waals surface area contributed by atoms with Crippen LogP contribution in [0.1, 0.15) is 10.4 Å². The van der Waals surface area contributed by atoms with Crippen LogP contribution < -0.4 is 4.90 Å². The summed E-state index contributed by atoms with van der Waals surface area (Å²) in [6.07, 6.45) is 0. The highest BCUT2D eigenvalue weighted by Crippen LogP contribution is 2.26. The van der Waals surface area contributed by atoms with Gasteiger partial charge in [-0.25, -0.2) is 0 Å². The van der Waals surface area contributed by atoms with Gasteiger partial charge in [-0.1, -0.05) is 11.6 Å². The van der Waals surface area contributed by atoms with Crippen molar-refractivity contribution in [1.29, 1.82) is 0 Å². The summed E-state index contributed by atoms with van der Waals surface area (Å²) in [4.78, 5) is 24.0. The highest BCUT2D eigenvalue weighted by molar-refractivity contribution is 6.31. The second-order valence-electron chi connectivity index (χ2n) is 4.30. The Kier molecular flexibility index (Phi) is 4.09. The summed E-state index contributed by atoms with van der Waals surface area (Å²) >= 11 is 5.72. The van der Waals surface area contributed by atoms with Crippen molar-refractivity contribution in [1.82, 2.24) is 0 Å². The van der Waals surface area contributed by atoms with Crippen LogP contribution in [0.25, 0.3) is 0 Å². The molecule has 1 amide bonds. The van der Waals surface area contributed by atoms with E-state index in [4.69, 9.17) is 11.6 Å². The van der Waals surface area contributed by atoms with Gasteiger partial charge in [-0.05, 0) is 36.4 Å². The van der Waals surface area contributed by atoms with Crippen molar-refractivity contribution >= 4 is 28.9 Å². The Hall–Kier alpha value is -2.60. The van der Waals surface area contributed by atoms with Crippen LogP contribution in [-0.2, 0) is 0 Å². The monoisotopic (exact) mass is 306 g/mol. The molecule has 0 fully saturated rings. The molecule has 0 spiro atoms. The maximum Gasteiger partial charge on any atom is 0.283 e. The number of carbonyl (C=O) groups is 1. The summed E-state index contributed by atoms with van der Waals surface area (Å²) in [7, 11) is 1.49. The van der Waals surface area contributed by atoms with Gasteiger partial charge in [0.15, 0.2) is 0 Å². The number of phenolic OH excluding ortho intramolecular Hbond substituents is 1. The first-order valence-corrected chi connectivity index (χ1v) is 6.29. The fourth-order valence-corrected chi connectivity index (χ4v) is 1.98. The zero-order valence-electron chi connectivity index (χ0n) is 11.0. The van der Waals surface area contributed by atoms with Gasteiger partial charge >= 0.3 is 0 Å². The number of halogens is 1. The van der Waals surface area contributed by atoms with Crippen molar-refractivity contribution in [3.8, 4) is 5.75 Å². The van der Waals surface area contributed by atoms with Gasteiger partial charge in [0.1, 0.15) is 11.3 Å². The predicted octanol–water partition coefficient (Wildman–Crippen LogP) is 3.23. The van der Waals surface area contributed by atoms with Crippen molar-refractivity contribution in [3.63, 3.8) is 0 Å². The molecule has 21 heavy (non-hydrogen) atoms. The highest BCUT2D eigenvalue weighted by Gasteiger charge is 2.24. The van der Waals surface area contributed by atoms with E-state index >= 15 is 0 Å². The van der Waals surface area contributed by atoms with Crippen LogP contribution in [0.2, 0.25) is 5.02 Å². The van der Waals surface area contributed by atoms with E-state index in [0.717, 1.165) is 6.07 Å². The molecule has 0 saturated carbocycles. The number of hydrogen-bond donors (Lipinski definition) is 1. The molecule has 0 aliphatic rings. The molecule has 0 unspecified atom stereocenters. The summed E-state index contributed by atoms with van der Waals surface area (Å²) in [5.41, 5.74) is 0.0974. The fraction of sp³-hybridized carbons (Fsp3) is 0.0714. The molecule has 0 heterocycles. The van der Waals surface area contributed by atoms with Gasteiger partial charge in [0.25, 0.3) is 11.6 Å². The lowest BCUT2D eigenvalue weighted by molar-refractivity contribution is -0.385. The molecule has 1 N–H and O–H groups in total. The summed E-state index contributed by atoms with van der Waals surface area (Å²) in [5.74, 6) is -0.471. The molecule has 0 radical (unpaired) electrons. The van der Waals surface area contributed by atoms with Gasteiger partial charge in [0.05, 0.1) is 4.92 Å². The lowest BCUT2D eigenvalue weighted by Crippen LogP contribution is -2.26. The van der Waals surface area contributed by atoms with Crippen molar-refractivity contribution in [3.05, 3.63) is 63.2 Å². The second kappa shape index (κ2) is 5.80. The average Bonchev–Trinajstić information content (AvgIpc) is 2.46. The Morgan fingerprint density at radius 3 is 2.43 bits per heavy atom. The Morgan fingerprint density at radius 1 is 1.24 bits per heavy atom. The zero-order chi connectivity index (χ0) is 15.6. The first-order valence-electron chi connectivity index (χ1n) is 5.91. The number of nitro groups is 1. The smallest absolute Gasteiger partial charge is 0.283 e. The van der Waals surface area contributed by atoms with Crippen molar-refractivity contribution in [2.45, 2.75) is 0 Å². The molecular weight excluding hydrogens is 296 g/mol. The molecule has 0 bridgehead atoms. The summed E-state index contributed by atoms with van der Waals surface area (Å²) in [5, 5.41) is 20.4. The highest BCUT2D eigenvalue weighted by atomic mass is 35.5. The van der Waals surface area contributed by atoms with Gasteiger partial charge in [-0.2, -0.15) is 0 Å². The standard InChI is InChI=1S/C14H11ClN2O4/c1-16(10-3-5-11(18)6-4-10)14(19)12-7-2-9(15)8-13(12)17(20)21/h2-8,18H,1H3. The zero-order valence-corrected chi connectivity index (χ0v) is 11.7. The maximum atomic E-state index is 12.4. The number of amides is 1. The van der Waals surface area contributed by atoms with Crippen LogP contribution in [0.3, 0.4) is 0 Å². The number of carbonyl (C=O) groups excluding carboxylic acids is 1. The number of nitrogens with zero attached hydrogens (tertiary/aromatic N) is 2. The van der Waals surface area contributed by atoms with Gasteiger partial charge in [-0.15, -0.1) is 0 Å². The topological polar surface area (TPSA) is 83.7 Å². The quantitative estimate of drug-likeness (QED) is 0.697. The van der Waals surface area contributed by atoms with Crippen molar-refractivity contribution in [2.75, 3.05) is 11.9 Å². The third-order valence-corrected chi connectivity index (χ3v) is 3.16. The first kappa shape index (κ1) is 14.8. The maximum absolute atomic E-state index is 12.4. The van der Waals surface area contributed by atoms with Crippen molar-refractivity contribution < 1.29 is 14.8 Å². The largest absolute Gasteiger partial charge is 0.508 e. The number of aromatic hydroxyl groups is 1. The summed E-state index contributed by atoms with van der Waals surface area (Å²) in [6.45, 7) is 0. The van der Waals surface area contributed by atoms with Gasteiger partial charge < -0.3 is 10.0 Å². The Bertz CT molecular complexity index is 701. The number of hydrogen-bond acceptors (Lipinski definition) is 4. The number of rotatable bonds is 3. The van der Waals surface area contributed by atoms with Gasteiger partial charge in [-0.3, -0.25) is 14.9 Å². The lowest BCUT2D eigenvalue weighted by atomic mass is 10.1. The summed E-state index contributed by atoms with van der Waals surface area (Å²) in [6, 6.07) is 9.81. The molecular formula is C14H11ClN2O4. The van der Waals surface area contributed by atoms with E-state index < -0.39 is 10.8 Å². The predicted molar refractivity (Wildman–Crippen MR) is 78.9 cm³/mol. The van der Waals surface area contributed by atoms with Gasteiger partial charge in [0, 0.05) is 23.8 Å². The van der Waals surface area contributed by atoms with E-state index in [1.54, 1.807) is 0 Å².